The van der Waals surface area contributed by atoms with Gasteiger partial charge in [0.05, 0.1) is 31.1 Å². The summed E-state index contributed by atoms with van der Waals surface area (Å²) in [5.41, 5.74) is 5.72. The summed E-state index contributed by atoms with van der Waals surface area (Å²) in [5.74, 6) is -0.410. The maximum Gasteiger partial charge on any atom is 0.474 e. The zero-order valence-corrected chi connectivity index (χ0v) is 31.7. The van der Waals surface area contributed by atoms with Crippen LogP contribution in [0.5, 0.6) is 0 Å². The SMILES string of the molecule is CCCCCCCCCCCCCCCCOC[C@H](COP(=O)(O)O[C@@H]1CC[C@](C#N)(c2ccc3c(N)ncnn23)O1)OCc1ccc(F)c(C#N)c1. The van der Waals surface area contributed by atoms with E-state index >= 15 is 0 Å². The van der Waals surface area contributed by atoms with Gasteiger partial charge in [0.25, 0.3) is 0 Å². The first-order valence-corrected chi connectivity index (χ1v) is 20.4. The number of ether oxygens (including phenoxy) is 3. The lowest BCUT2D eigenvalue weighted by molar-refractivity contribution is -0.120. The molecule has 3 heterocycles. The Balaban J connectivity index is 1.21. The van der Waals surface area contributed by atoms with Crippen LogP contribution in [-0.4, -0.2) is 51.7 Å². The number of hydrogen-bond acceptors (Lipinski definition) is 11. The van der Waals surface area contributed by atoms with Crippen LogP contribution >= 0.6 is 7.82 Å². The van der Waals surface area contributed by atoms with Gasteiger partial charge in [0.2, 0.25) is 0 Å². The van der Waals surface area contributed by atoms with Crippen LogP contribution in [0.1, 0.15) is 126 Å². The van der Waals surface area contributed by atoms with E-state index in [1.54, 1.807) is 18.2 Å². The predicted molar refractivity (Wildman–Crippen MR) is 196 cm³/mol. The number of unbranched alkanes of at least 4 members (excludes halogenated alkanes) is 13. The Morgan fingerprint density at radius 3 is 2.38 bits per heavy atom. The van der Waals surface area contributed by atoms with Crippen molar-refractivity contribution in [1.29, 1.82) is 10.5 Å². The second-order valence-corrected chi connectivity index (χ2v) is 15.0. The number of phosphoric ester groups is 1. The number of hydrogen-bond donors (Lipinski definition) is 2. The van der Waals surface area contributed by atoms with Gasteiger partial charge in [-0.25, -0.2) is 18.5 Å². The van der Waals surface area contributed by atoms with E-state index in [-0.39, 0.29) is 44.0 Å². The second kappa shape index (κ2) is 22.0. The number of nitrogen functional groups attached to an aromatic ring is 1. The third kappa shape index (κ3) is 13.4. The number of halogens is 1. The Morgan fingerprint density at radius 2 is 1.72 bits per heavy atom. The summed E-state index contributed by atoms with van der Waals surface area (Å²) in [6.45, 7) is 2.41. The second-order valence-electron chi connectivity index (χ2n) is 13.6. The van der Waals surface area contributed by atoms with Crippen molar-refractivity contribution >= 4 is 19.2 Å². The Kier molecular flexibility index (Phi) is 17.6. The lowest BCUT2D eigenvalue weighted by Crippen LogP contribution is -2.28. The molecule has 1 aliphatic rings. The van der Waals surface area contributed by atoms with Crippen molar-refractivity contribution < 1.29 is 37.1 Å². The van der Waals surface area contributed by atoms with Crippen LogP contribution in [0.4, 0.5) is 10.2 Å². The van der Waals surface area contributed by atoms with E-state index in [0.717, 1.165) is 19.3 Å². The molecule has 13 nitrogen and oxygen atoms in total. The zero-order chi connectivity index (χ0) is 37.9. The van der Waals surface area contributed by atoms with Gasteiger partial charge < -0.3 is 24.8 Å². The zero-order valence-electron chi connectivity index (χ0n) is 30.8. The number of aromatic nitrogens is 3. The average Bonchev–Trinajstić information content (AvgIpc) is 3.78. The molecule has 4 rings (SSSR count). The van der Waals surface area contributed by atoms with Crippen LogP contribution in [0.2, 0.25) is 0 Å². The maximum absolute atomic E-state index is 13.9. The van der Waals surface area contributed by atoms with Crippen LogP contribution in [-0.2, 0) is 40.0 Å². The Bertz CT molecular complexity index is 1700. The molecule has 0 aliphatic carbocycles. The standard InChI is InChI=1S/C38H54FN6O7P/c1-2-3-4-5-6-7-8-9-10-11-12-13-14-15-22-48-26-32(49-25-30-16-17-33(39)31(23-30)24-40)27-50-53(46,47)52-36-20-21-38(28-41,51-36)35-19-18-34-37(42)43-29-44-45(34)35/h16-19,23,29,32,36H,2-15,20-22,25-27H2,1H3,(H,46,47)(H2,42,43,44)/t32-,36-,38+/m1/s1. The largest absolute Gasteiger partial charge is 0.474 e. The van der Waals surface area contributed by atoms with Crippen LogP contribution in [0.15, 0.2) is 36.7 Å². The smallest absolute Gasteiger partial charge is 0.382 e. The number of phosphoric acid groups is 1. The highest BCUT2D eigenvalue weighted by molar-refractivity contribution is 7.47. The quantitative estimate of drug-likeness (QED) is 0.0589. The minimum atomic E-state index is -4.70. The van der Waals surface area contributed by atoms with E-state index in [0.29, 0.717) is 23.4 Å². The maximum atomic E-state index is 13.9. The minimum Gasteiger partial charge on any atom is -0.382 e. The van der Waals surface area contributed by atoms with E-state index in [2.05, 4.69) is 23.1 Å². The number of nitrogens with zero attached hydrogens (tertiary/aromatic N) is 5. The van der Waals surface area contributed by atoms with Gasteiger partial charge >= 0.3 is 7.82 Å². The fraction of sp³-hybridized carbons (Fsp3) is 0.632. The molecule has 1 unspecified atom stereocenters. The highest BCUT2D eigenvalue weighted by atomic mass is 31.2. The van der Waals surface area contributed by atoms with Gasteiger partial charge in [-0.3, -0.25) is 9.05 Å². The van der Waals surface area contributed by atoms with Gasteiger partial charge in [0.1, 0.15) is 35.9 Å². The third-order valence-corrected chi connectivity index (χ3v) is 10.4. The molecule has 2 aromatic heterocycles. The van der Waals surface area contributed by atoms with Crippen molar-refractivity contribution in [3.8, 4) is 12.1 Å². The lowest BCUT2D eigenvalue weighted by Gasteiger charge is -2.23. The summed E-state index contributed by atoms with van der Waals surface area (Å²) >= 11 is 0. The molecule has 53 heavy (non-hydrogen) atoms. The molecule has 0 bridgehead atoms. The first kappa shape index (κ1) is 42.3. The summed E-state index contributed by atoms with van der Waals surface area (Å²) in [6.07, 6.45) is 17.0. The van der Waals surface area contributed by atoms with Crippen LogP contribution < -0.4 is 5.73 Å². The summed E-state index contributed by atoms with van der Waals surface area (Å²) in [5, 5.41) is 23.5. The molecule has 15 heteroatoms. The number of nitrogens with two attached hydrogens (primary N) is 1. The molecule has 3 N–H and O–H groups in total. The topological polar surface area (TPSA) is 187 Å². The molecule has 1 saturated heterocycles. The summed E-state index contributed by atoms with van der Waals surface area (Å²) in [7, 11) is -4.70. The molecule has 0 spiro atoms. The Hall–Kier alpha value is -3.46. The summed E-state index contributed by atoms with van der Waals surface area (Å²) in [6, 6.07) is 11.3. The highest BCUT2D eigenvalue weighted by Gasteiger charge is 2.47. The van der Waals surface area contributed by atoms with Crippen LogP contribution in [0.3, 0.4) is 0 Å². The highest BCUT2D eigenvalue weighted by Crippen LogP contribution is 2.50. The summed E-state index contributed by atoms with van der Waals surface area (Å²) < 4.78 is 56.8. The fourth-order valence-electron chi connectivity index (χ4n) is 6.40. The van der Waals surface area contributed by atoms with Gasteiger partial charge in [0.15, 0.2) is 17.7 Å². The van der Waals surface area contributed by atoms with Gasteiger partial charge in [-0.2, -0.15) is 15.6 Å². The number of rotatable bonds is 26. The third-order valence-electron chi connectivity index (χ3n) is 9.40. The normalized spacial score (nSPS) is 18.8. The van der Waals surface area contributed by atoms with Crippen molar-refractivity contribution in [3.05, 3.63) is 59.3 Å². The molecular weight excluding hydrogens is 702 g/mol. The van der Waals surface area contributed by atoms with Gasteiger partial charge in [-0.1, -0.05) is 96.5 Å². The molecule has 0 amide bonds. The first-order chi connectivity index (χ1) is 25.7. The van der Waals surface area contributed by atoms with E-state index in [1.165, 1.54) is 99.7 Å². The Labute approximate surface area is 312 Å². The van der Waals surface area contributed by atoms with Crippen molar-refractivity contribution in [2.75, 3.05) is 25.6 Å². The van der Waals surface area contributed by atoms with Crippen molar-refractivity contribution in [2.24, 2.45) is 0 Å². The lowest BCUT2D eigenvalue weighted by atomic mass is 9.98. The monoisotopic (exact) mass is 756 g/mol. The summed E-state index contributed by atoms with van der Waals surface area (Å²) in [4.78, 5) is 14.6. The number of benzene rings is 1. The molecule has 3 aromatic rings. The van der Waals surface area contributed by atoms with Crippen LogP contribution in [0, 0.1) is 28.5 Å². The first-order valence-electron chi connectivity index (χ1n) is 18.9. The fourth-order valence-corrected chi connectivity index (χ4v) is 7.26. The van der Waals surface area contributed by atoms with E-state index in [1.807, 2.05) is 0 Å². The van der Waals surface area contributed by atoms with Gasteiger partial charge in [-0.15, -0.1) is 0 Å². The number of fused-ring (bicyclic) bond motifs is 1. The van der Waals surface area contributed by atoms with E-state index < -0.39 is 31.6 Å². The molecule has 1 aromatic carbocycles. The van der Waals surface area contributed by atoms with Crippen molar-refractivity contribution in [3.63, 3.8) is 0 Å². The molecule has 1 aliphatic heterocycles. The average molecular weight is 757 g/mol. The van der Waals surface area contributed by atoms with Gasteiger partial charge in [0, 0.05) is 19.4 Å². The van der Waals surface area contributed by atoms with Crippen molar-refractivity contribution in [1.82, 2.24) is 14.6 Å². The van der Waals surface area contributed by atoms with Crippen LogP contribution in [0.25, 0.3) is 5.52 Å². The van der Waals surface area contributed by atoms with E-state index in [4.69, 9.17) is 29.0 Å². The molecule has 0 radical (unpaired) electrons. The predicted octanol–water partition coefficient (Wildman–Crippen LogP) is 8.39. The molecule has 0 saturated carbocycles. The number of anilines is 1. The van der Waals surface area contributed by atoms with E-state index in [9.17, 15) is 24.4 Å². The molecule has 290 valence electrons. The van der Waals surface area contributed by atoms with Crippen molar-refractivity contribution in [2.45, 2.75) is 134 Å². The number of nitriles is 2. The molecule has 4 atom stereocenters. The minimum absolute atomic E-state index is 0.0163. The molecule has 1 fully saturated rings. The molecular formula is C38H54FN6O7P. The van der Waals surface area contributed by atoms with Gasteiger partial charge in [-0.05, 0) is 36.2 Å². The Morgan fingerprint density at radius 1 is 1.04 bits per heavy atom.